The number of hydrogen-bond donors (Lipinski definition) is 0. The zero-order valence-electron chi connectivity index (χ0n) is 29.6. The average Bonchev–Trinajstić information content (AvgIpc) is 3.56. The van der Waals surface area contributed by atoms with Crippen LogP contribution in [0.1, 0.15) is 35.4 Å². The van der Waals surface area contributed by atoms with Crippen LogP contribution in [0.2, 0.25) is 0 Å². The van der Waals surface area contributed by atoms with Crippen LogP contribution in [0.3, 0.4) is 0 Å². The molecule has 0 amide bonds. The van der Waals surface area contributed by atoms with Crippen molar-refractivity contribution in [2.45, 2.75) is 18.8 Å². The summed E-state index contributed by atoms with van der Waals surface area (Å²) < 4.78 is 0. The van der Waals surface area contributed by atoms with Crippen LogP contribution >= 0.6 is 7.53 Å². The van der Waals surface area contributed by atoms with Gasteiger partial charge in [0.2, 0.25) is 0 Å². The first-order chi connectivity index (χ1) is 26.3. The molecule has 0 spiro atoms. The van der Waals surface area contributed by atoms with Crippen LogP contribution in [-0.2, 0) is 0 Å². The minimum absolute atomic E-state index is 0.200. The number of benzene rings is 5. The fraction of sp³-hybridized carbons (Fsp3) is 0.115. The molecule has 6 aromatic rings. The van der Waals surface area contributed by atoms with Crippen molar-refractivity contribution in [2.24, 2.45) is 17.8 Å². The minimum Gasteiger partial charge on any atom is -0.0842 e. The maximum Gasteiger partial charge on any atom is 0.0202 e. The first-order valence-electron chi connectivity index (χ1n) is 19.2. The van der Waals surface area contributed by atoms with Gasteiger partial charge in [-0.15, -0.1) is 0 Å². The quantitative estimate of drug-likeness (QED) is 0.172. The van der Waals surface area contributed by atoms with E-state index in [1.807, 2.05) is 0 Å². The molecule has 5 aliphatic carbocycles. The molecule has 5 aromatic carbocycles. The highest BCUT2D eigenvalue weighted by atomic mass is 31.1. The third-order valence-corrected chi connectivity index (χ3v) is 14.7. The van der Waals surface area contributed by atoms with Crippen LogP contribution in [0.4, 0.5) is 0 Å². The van der Waals surface area contributed by atoms with Crippen LogP contribution in [0.25, 0.3) is 44.0 Å². The predicted molar refractivity (Wildman–Crippen MR) is 227 cm³/mol. The Kier molecular flexibility index (Phi) is 7.27. The number of fused-ring (bicyclic) bond motifs is 7. The van der Waals surface area contributed by atoms with Gasteiger partial charge in [0.05, 0.1) is 0 Å². The monoisotopic (exact) mass is 694 g/mol. The van der Waals surface area contributed by atoms with Gasteiger partial charge in [-0.2, -0.15) is 0 Å². The van der Waals surface area contributed by atoms with E-state index in [0.29, 0.717) is 11.8 Å². The zero-order valence-corrected chi connectivity index (χ0v) is 30.5. The second kappa shape index (κ2) is 12.5. The van der Waals surface area contributed by atoms with E-state index in [0.717, 1.165) is 12.8 Å². The predicted octanol–water partition coefficient (Wildman–Crippen LogP) is 12.3. The molecule has 0 nitrogen and oxygen atoms in total. The summed E-state index contributed by atoms with van der Waals surface area (Å²) in [6.07, 6.45) is 28.8. The molecule has 1 heteroatoms. The van der Waals surface area contributed by atoms with Crippen molar-refractivity contribution < 1.29 is 0 Å². The van der Waals surface area contributed by atoms with Crippen molar-refractivity contribution in [3.05, 3.63) is 225 Å². The van der Waals surface area contributed by atoms with Crippen molar-refractivity contribution in [2.75, 3.05) is 0 Å². The van der Waals surface area contributed by atoms with E-state index < -0.39 is 7.53 Å². The lowest BCUT2D eigenvalue weighted by Crippen LogP contribution is -2.35. The lowest BCUT2D eigenvalue weighted by Gasteiger charge is -2.41. The van der Waals surface area contributed by atoms with Crippen molar-refractivity contribution >= 4 is 46.3 Å². The molecule has 4 unspecified atom stereocenters. The molecule has 1 heterocycles. The summed E-state index contributed by atoms with van der Waals surface area (Å²) >= 11 is 0. The smallest absolute Gasteiger partial charge is 0.0202 e. The molecule has 0 saturated carbocycles. The third kappa shape index (κ3) is 4.97. The van der Waals surface area contributed by atoms with Crippen LogP contribution in [0, 0.1) is 17.8 Å². The van der Waals surface area contributed by atoms with Gasteiger partial charge in [0.15, 0.2) is 0 Å². The first kappa shape index (κ1) is 30.9. The number of hydrogen-bond acceptors (Lipinski definition) is 0. The maximum absolute atomic E-state index is 2.63. The molecule has 0 radical (unpaired) electrons. The van der Waals surface area contributed by atoms with Crippen LogP contribution in [0.15, 0.2) is 198 Å². The zero-order chi connectivity index (χ0) is 34.9. The van der Waals surface area contributed by atoms with Crippen molar-refractivity contribution in [1.29, 1.82) is 0 Å². The molecule has 252 valence electrons. The van der Waals surface area contributed by atoms with Gasteiger partial charge in [-0.1, -0.05) is 177 Å². The first-order valence-corrected chi connectivity index (χ1v) is 20.5. The largest absolute Gasteiger partial charge is 0.0842 e. The molecular weight excluding hydrogens is 656 g/mol. The fourth-order valence-electron chi connectivity index (χ4n) is 9.82. The lowest BCUT2D eigenvalue weighted by atomic mass is 9.62. The molecule has 0 aliphatic heterocycles. The molecule has 5 aliphatic rings. The van der Waals surface area contributed by atoms with Gasteiger partial charge in [0, 0.05) is 33.9 Å². The van der Waals surface area contributed by atoms with E-state index in [2.05, 4.69) is 188 Å². The summed E-state index contributed by atoms with van der Waals surface area (Å²) in [7, 11) is -0.603. The normalized spacial score (nSPS) is 22.9. The SMILES string of the molecule is C1=CCCC(C2=CC3C=CC=C[C@H]3C=C2C2c3ccccc3C(c3ccc4c(c3)c3ccccc3p4-c3ccccc3)=C3C=c4ccccc4=CC32)=C1. The Morgan fingerprint density at radius 2 is 1.36 bits per heavy atom. The molecular formula is C52H39P. The summed E-state index contributed by atoms with van der Waals surface area (Å²) in [5, 5.41) is 9.76. The topological polar surface area (TPSA) is 0 Å². The molecule has 1 aromatic heterocycles. The van der Waals surface area contributed by atoms with E-state index in [-0.39, 0.29) is 11.8 Å². The number of rotatable bonds is 4. The number of allylic oxidation sites excluding steroid dienone is 13. The van der Waals surface area contributed by atoms with E-state index in [4.69, 9.17) is 0 Å². The molecule has 0 bridgehead atoms. The lowest BCUT2D eigenvalue weighted by molar-refractivity contribution is 0.608. The third-order valence-electron chi connectivity index (χ3n) is 12.2. The van der Waals surface area contributed by atoms with E-state index in [1.54, 1.807) is 0 Å². The summed E-state index contributed by atoms with van der Waals surface area (Å²) in [4.78, 5) is 0. The van der Waals surface area contributed by atoms with E-state index >= 15 is 0 Å². The van der Waals surface area contributed by atoms with Crippen molar-refractivity contribution in [1.82, 2.24) is 0 Å². The highest BCUT2D eigenvalue weighted by molar-refractivity contribution is 7.67. The molecule has 5 atom stereocenters. The molecule has 0 saturated heterocycles. The Hall–Kier alpha value is -5.68. The van der Waals surface area contributed by atoms with Crippen molar-refractivity contribution in [3.8, 4) is 5.30 Å². The van der Waals surface area contributed by atoms with Gasteiger partial charge in [0.25, 0.3) is 0 Å². The average molecular weight is 695 g/mol. The highest BCUT2D eigenvalue weighted by Crippen LogP contribution is 2.57. The standard InChI is InChI=1S/C52H39P/c1-3-15-34(16-4-1)44-29-35-17-7-8-18-36(35)30-46(44)52-43-25-12-11-24-42(43)51(47-31-37-19-9-10-20-38(37)32-48(47)52)39-27-28-50-45(33-39)41-23-13-14-26-49(41)53(50)40-21-5-2-6-22-40/h1-3,5-15,17-33,35-36,48,52H,4,16H2/t35?,36-,48?,52?,53?/m0/s1. The Labute approximate surface area is 312 Å². The maximum atomic E-state index is 2.63. The van der Waals surface area contributed by atoms with Crippen LogP contribution in [-0.4, -0.2) is 0 Å². The second-order valence-corrected chi connectivity index (χ2v) is 17.2. The van der Waals surface area contributed by atoms with Crippen LogP contribution in [0.5, 0.6) is 0 Å². The Bertz CT molecular complexity index is 2840. The highest BCUT2D eigenvalue weighted by Gasteiger charge is 2.40. The van der Waals surface area contributed by atoms with E-state index in [9.17, 15) is 0 Å². The molecule has 0 N–H and O–H groups in total. The van der Waals surface area contributed by atoms with Gasteiger partial charge in [-0.3, -0.25) is 0 Å². The fourth-order valence-corrected chi connectivity index (χ4v) is 12.4. The Balaban J connectivity index is 1.17. The Morgan fingerprint density at radius 3 is 2.23 bits per heavy atom. The summed E-state index contributed by atoms with van der Waals surface area (Å²) in [5.41, 5.74) is 11.3. The Morgan fingerprint density at radius 1 is 0.604 bits per heavy atom. The molecule has 53 heavy (non-hydrogen) atoms. The van der Waals surface area contributed by atoms with Gasteiger partial charge < -0.3 is 0 Å². The van der Waals surface area contributed by atoms with Gasteiger partial charge in [-0.25, -0.2) is 0 Å². The molecule has 11 rings (SSSR count). The minimum atomic E-state index is -0.603. The molecule has 0 fully saturated rings. The van der Waals surface area contributed by atoms with Gasteiger partial charge >= 0.3 is 0 Å². The summed E-state index contributed by atoms with van der Waals surface area (Å²) in [6, 6.07) is 46.0. The summed E-state index contributed by atoms with van der Waals surface area (Å²) in [6.45, 7) is 0. The van der Waals surface area contributed by atoms with Crippen molar-refractivity contribution in [3.63, 3.8) is 0 Å². The van der Waals surface area contributed by atoms with Gasteiger partial charge in [-0.05, 0) is 102 Å². The van der Waals surface area contributed by atoms with E-state index in [1.165, 1.54) is 81.3 Å². The van der Waals surface area contributed by atoms with Crippen LogP contribution < -0.4 is 10.4 Å². The van der Waals surface area contributed by atoms with Gasteiger partial charge in [0.1, 0.15) is 0 Å². The summed E-state index contributed by atoms with van der Waals surface area (Å²) in [5.74, 6) is 1.17. The second-order valence-electron chi connectivity index (χ2n) is 15.1.